The van der Waals surface area contributed by atoms with Gasteiger partial charge in [-0.25, -0.2) is 8.42 Å². The highest BCUT2D eigenvalue weighted by Crippen LogP contribution is 2.29. The zero-order chi connectivity index (χ0) is 12.8. The van der Waals surface area contributed by atoms with Gasteiger partial charge in [0.2, 0.25) is 5.91 Å². The van der Waals surface area contributed by atoms with Crippen LogP contribution in [0.1, 0.15) is 20.3 Å². The molecule has 2 aliphatic heterocycles. The Morgan fingerprint density at radius 2 is 2.00 bits per heavy atom. The first-order chi connectivity index (χ1) is 7.73. The van der Waals surface area contributed by atoms with E-state index in [2.05, 4.69) is 0 Å². The van der Waals surface area contributed by atoms with E-state index < -0.39 is 9.84 Å². The molecule has 0 aromatic heterocycles. The van der Waals surface area contributed by atoms with Gasteiger partial charge in [0.25, 0.3) is 0 Å². The van der Waals surface area contributed by atoms with Gasteiger partial charge in [0.05, 0.1) is 23.0 Å². The zero-order valence-electron chi connectivity index (χ0n) is 10.3. The van der Waals surface area contributed by atoms with Crippen LogP contribution in [0.4, 0.5) is 0 Å². The van der Waals surface area contributed by atoms with Gasteiger partial charge < -0.3 is 10.6 Å². The number of hydrogen-bond acceptors (Lipinski definition) is 4. The van der Waals surface area contributed by atoms with E-state index in [1.807, 2.05) is 13.8 Å². The van der Waals surface area contributed by atoms with Gasteiger partial charge >= 0.3 is 0 Å². The summed E-state index contributed by atoms with van der Waals surface area (Å²) in [6.45, 7) is 5.20. The van der Waals surface area contributed by atoms with Crippen LogP contribution in [-0.4, -0.2) is 49.4 Å². The monoisotopic (exact) mass is 260 g/mol. The molecule has 5 nitrogen and oxygen atoms in total. The second-order valence-electron chi connectivity index (χ2n) is 5.68. The Morgan fingerprint density at radius 1 is 1.41 bits per heavy atom. The molecule has 0 aliphatic carbocycles. The Hall–Kier alpha value is -0.620. The molecule has 1 amide bonds. The lowest BCUT2D eigenvalue weighted by Gasteiger charge is -2.51. The minimum atomic E-state index is -2.98. The van der Waals surface area contributed by atoms with E-state index in [0.717, 1.165) is 0 Å². The summed E-state index contributed by atoms with van der Waals surface area (Å²) in [5.41, 5.74) is 5.83. The van der Waals surface area contributed by atoms with E-state index in [1.54, 1.807) is 4.90 Å². The number of nitrogens with two attached hydrogens (primary N) is 1. The molecule has 1 unspecified atom stereocenters. The number of sulfone groups is 1. The van der Waals surface area contributed by atoms with Crippen LogP contribution >= 0.6 is 0 Å². The van der Waals surface area contributed by atoms with Gasteiger partial charge in [-0.15, -0.1) is 0 Å². The first kappa shape index (κ1) is 12.8. The second kappa shape index (κ2) is 3.95. The maximum absolute atomic E-state index is 12.0. The number of hydrogen-bond donors (Lipinski definition) is 1. The van der Waals surface area contributed by atoms with Gasteiger partial charge in [-0.05, 0) is 12.3 Å². The molecule has 98 valence electrons. The van der Waals surface area contributed by atoms with E-state index in [1.165, 1.54) is 0 Å². The van der Waals surface area contributed by atoms with Gasteiger partial charge in [0.1, 0.15) is 0 Å². The van der Waals surface area contributed by atoms with Crippen molar-refractivity contribution in [2.45, 2.75) is 25.8 Å². The maximum atomic E-state index is 12.0. The van der Waals surface area contributed by atoms with Crippen molar-refractivity contribution in [1.82, 2.24) is 4.90 Å². The van der Waals surface area contributed by atoms with Crippen molar-refractivity contribution in [3.63, 3.8) is 0 Å². The van der Waals surface area contributed by atoms with Gasteiger partial charge in [0.15, 0.2) is 9.84 Å². The fourth-order valence-electron chi connectivity index (χ4n) is 2.43. The summed E-state index contributed by atoms with van der Waals surface area (Å²) in [6, 6.07) is 0. The Kier molecular flexibility index (Phi) is 2.98. The molecule has 2 saturated heterocycles. The molecule has 2 fully saturated rings. The van der Waals surface area contributed by atoms with Gasteiger partial charge in [0, 0.05) is 13.1 Å². The predicted molar refractivity (Wildman–Crippen MR) is 65.1 cm³/mol. The van der Waals surface area contributed by atoms with Crippen LogP contribution in [0.2, 0.25) is 0 Å². The second-order valence-corrected chi connectivity index (χ2v) is 7.91. The minimum absolute atomic E-state index is 0.0155. The molecule has 0 bridgehead atoms. The number of carbonyl (C=O) groups excluding carboxylic acids is 1. The summed E-state index contributed by atoms with van der Waals surface area (Å²) >= 11 is 0. The maximum Gasteiger partial charge on any atom is 0.226 e. The molecule has 1 atom stereocenters. The highest BCUT2D eigenvalue weighted by Gasteiger charge is 2.47. The Labute approximate surface area is 102 Å². The Bertz CT molecular complexity index is 424. The molecule has 0 aromatic carbocycles. The SMILES string of the molecule is CC(C)C1(N)CN(C(=O)C2CCS(=O)(=O)C2)C1. The van der Waals surface area contributed by atoms with Crippen molar-refractivity contribution < 1.29 is 13.2 Å². The molecule has 0 radical (unpaired) electrons. The average Bonchev–Trinajstić information content (AvgIpc) is 2.52. The molecule has 0 spiro atoms. The molecule has 2 rings (SSSR count). The fourth-order valence-corrected chi connectivity index (χ4v) is 4.17. The largest absolute Gasteiger partial charge is 0.339 e. The third-order valence-electron chi connectivity index (χ3n) is 4.01. The third-order valence-corrected chi connectivity index (χ3v) is 5.78. The molecule has 0 saturated carbocycles. The quantitative estimate of drug-likeness (QED) is 0.733. The molecule has 2 N–H and O–H groups in total. The van der Waals surface area contributed by atoms with E-state index in [4.69, 9.17) is 5.73 Å². The first-order valence-corrected chi connectivity index (χ1v) is 7.84. The molecular formula is C11H20N2O3S. The van der Waals surface area contributed by atoms with Gasteiger partial charge in [-0.2, -0.15) is 0 Å². The van der Waals surface area contributed by atoms with Crippen LogP contribution in [0.5, 0.6) is 0 Å². The smallest absolute Gasteiger partial charge is 0.226 e. The number of likely N-dealkylation sites (tertiary alicyclic amines) is 1. The molecule has 0 aromatic rings. The number of carbonyl (C=O) groups is 1. The highest BCUT2D eigenvalue weighted by atomic mass is 32.2. The van der Waals surface area contributed by atoms with Crippen molar-refractivity contribution >= 4 is 15.7 Å². The van der Waals surface area contributed by atoms with Crippen molar-refractivity contribution in [3.8, 4) is 0 Å². The standard InChI is InChI=1S/C11H20N2O3S/c1-8(2)11(12)6-13(7-11)10(14)9-3-4-17(15,16)5-9/h8-9H,3-7,12H2,1-2H3. The van der Waals surface area contributed by atoms with Crippen molar-refractivity contribution in [1.29, 1.82) is 0 Å². The molecule has 2 heterocycles. The van der Waals surface area contributed by atoms with E-state index in [-0.39, 0.29) is 28.9 Å². The summed E-state index contributed by atoms with van der Waals surface area (Å²) < 4.78 is 22.6. The van der Waals surface area contributed by atoms with Crippen LogP contribution in [0, 0.1) is 11.8 Å². The lowest BCUT2D eigenvalue weighted by Crippen LogP contribution is -2.71. The van der Waals surface area contributed by atoms with Crippen LogP contribution in [0.15, 0.2) is 0 Å². The van der Waals surface area contributed by atoms with Crippen LogP contribution in [0.25, 0.3) is 0 Å². The summed E-state index contributed by atoms with van der Waals surface area (Å²) in [5.74, 6) is 0.125. The Morgan fingerprint density at radius 3 is 2.41 bits per heavy atom. The van der Waals surface area contributed by atoms with E-state index in [0.29, 0.717) is 25.4 Å². The third kappa shape index (κ3) is 2.33. The molecule has 17 heavy (non-hydrogen) atoms. The number of amides is 1. The van der Waals surface area contributed by atoms with Crippen LogP contribution < -0.4 is 5.73 Å². The van der Waals surface area contributed by atoms with Crippen molar-refractivity contribution in [2.24, 2.45) is 17.6 Å². The fraction of sp³-hybridized carbons (Fsp3) is 0.909. The van der Waals surface area contributed by atoms with E-state index in [9.17, 15) is 13.2 Å². The minimum Gasteiger partial charge on any atom is -0.339 e. The summed E-state index contributed by atoms with van der Waals surface area (Å²) in [5, 5.41) is 0. The lowest BCUT2D eigenvalue weighted by molar-refractivity contribution is -0.143. The van der Waals surface area contributed by atoms with Crippen molar-refractivity contribution in [3.05, 3.63) is 0 Å². The molecular weight excluding hydrogens is 240 g/mol. The van der Waals surface area contributed by atoms with E-state index >= 15 is 0 Å². The molecule has 2 aliphatic rings. The van der Waals surface area contributed by atoms with Crippen LogP contribution in [-0.2, 0) is 14.6 Å². The first-order valence-electron chi connectivity index (χ1n) is 6.02. The molecule has 6 heteroatoms. The highest BCUT2D eigenvalue weighted by molar-refractivity contribution is 7.91. The predicted octanol–water partition coefficient (Wildman–Crippen LogP) is -0.383. The van der Waals surface area contributed by atoms with Gasteiger partial charge in [-0.1, -0.05) is 13.8 Å². The van der Waals surface area contributed by atoms with Gasteiger partial charge in [-0.3, -0.25) is 4.79 Å². The summed E-state index contributed by atoms with van der Waals surface area (Å²) in [4.78, 5) is 13.7. The number of nitrogens with zero attached hydrogens (tertiary/aromatic N) is 1. The van der Waals surface area contributed by atoms with Crippen molar-refractivity contribution in [2.75, 3.05) is 24.6 Å². The average molecular weight is 260 g/mol. The normalized spacial score (nSPS) is 30.4. The lowest BCUT2D eigenvalue weighted by atomic mass is 9.79. The zero-order valence-corrected chi connectivity index (χ0v) is 11.2. The number of rotatable bonds is 2. The summed E-state index contributed by atoms with van der Waals surface area (Å²) in [6.07, 6.45) is 0.469. The topological polar surface area (TPSA) is 80.5 Å². The Balaban J connectivity index is 1.93. The van der Waals surface area contributed by atoms with Crippen LogP contribution in [0.3, 0.4) is 0 Å². The summed E-state index contributed by atoms with van der Waals surface area (Å²) in [7, 11) is -2.98.